The van der Waals surface area contributed by atoms with Gasteiger partial charge in [-0.05, 0) is 37.1 Å². The Balaban J connectivity index is 3.24. The number of hydrogen-bond acceptors (Lipinski definition) is 3. The number of aryl methyl sites for hydroxylation is 1. The maximum absolute atomic E-state index is 11.6. The molecule has 0 aromatic heterocycles. The summed E-state index contributed by atoms with van der Waals surface area (Å²) in [6, 6.07) is 5.44. The zero-order valence-corrected chi connectivity index (χ0v) is 10.8. The van der Waals surface area contributed by atoms with E-state index in [1.54, 1.807) is 19.1 Å². The first-order chi connectivity index (χ1) is 7.63. The minimum absolute atomic E-state index is 0.308. The summed E-state index contributed by atoms with van der Waals surface area (Å²) in [5.41, 5.74) is 2.67. The molecule has 0 unspecified atom stereocenters. The minimum atomic E-state index is -0.441. The van der Waals surface area contributed by atoms with Crippen molar-refractivity contribution in [3.05, 3.63) is 34.4 Å². The van der Waals surface area contributed by atoms with E-state index in [0.717, 1.165) is 11.1 Å². The molecular formula is C12H12BrNO2. The van der Waals surface area contributed by atoms with E-state index in [1.807, 2.05) is 13.0 Å². The summed E-state index contributed by atoms with van der Waals surface area (Å²) in [6.07, 6.45) is 0. The predicted molar refractivity (Wildman–Crippen MR) is 64.5 cm³/mol. The number of benzene rings is 1. The number of ether oxygens (including phenoxy) is 1. The van der Waals surface area contributed by atoms with Crippen LogP contribution in [0.3, 0.4) is 0 Å². The molecule has 84 valence electrons. The van der Waals surface area contributed by atoms with E-state index in [1.165, 1.54) is 0 Å². The van der Waals surface area contributed by atoms with E-state index in [9.17, 15) is 4.79 Å². The van der Waals surface area contributed by atoms with Crippen LogP contribution in [-0.2, 0) is 10.1 Å². The molecule has 1 rings (SSSR count). The van der Waals surface area contributed by atoms with Crippen LogP contribution in [0.2, 0.25) is 0 Å². The van der Waals surface area contributed by atoms with Crippen LogP contribution in [0.25, 0.3) is 0 Å². The average Bonchev–Trinajstić information content (AvgIpc) is 2.29. The number of rotatable bonds is 3. The van der Waals surface area contributed by atoms with Crippen LogP contribution in [0.1, 0.15) is 34.0 Å². The van der Waals surface area contributed by atoms with E-state index in [2.05, 4.69) is 15.9 Å². The Bertz CT molecular complexity index is 449. The number of nitrogens with zero attached hydrogens (tertiary/aromatic N) is 1. The molecule has 0 atom stereocenters. The second kappa shape index (κ2) is 5.66. The lowest BCUT2D eigenvalue weighted by Crippen LogP contribution is -2.08. The van der Waals surface area contributed by atoms with Gasteiger partial charge in [0.25, 0.3) is 0 Å². The fourth-order valence-corrected chi connectivity index (χ4v) is 1.97. The molecule has 0 heterocycles. The maximum Gasteiger partial charge on any atom is 0.339 e. The van der Waals surface area contributed by atoms with E-state index in [4.69, 9.17) is 10.00 Å². The molecule has 0 aliphatic carbocycles. The normalized spacial score (nSPS) is 9.62. The van der Waals surface area contributed by atoms with Gasteiger partial charge in [-0.3, -0.25) is 0 Å². The highest BCUT2D eigenvalue weighted by Gasteiger charge is 2.14. The fraction of sp³-hybridized carbons (Fsp3) is 0.333. The quantitative estimate of drug-likeness (QED) is 0.632. The van der Waals surface area contributed by atoms with Crippen LogP contribution in [-0.4, -0.2) is 12.6 Å². The summed E-state index contributed by atoms with van der Waals surface area (Å²) >= 11 is 3.34. The number of carbonyl (C=O) groups excluding carboxylic acids is 1. The Morgan fingerprint density at radius 3 is 2.75 bits per heavy atom. The van der Waals surface area contributed by atoms with Gasteiger partial charge in [-0.25, -0.2) is 4.79 Å². The second-order valence-corrected chi connectivity index (χ2v) is 3.85. The Hall–Kier alpha value is -1.34. The van der Waals surface area contributed by atoms with Crippen LogP contribution in [0.5, 0.6) is 0 Å². The van der Waals surface area contributed by atoms with E-state index < -0.39 is 5.97 Å². The summed E-state index contributed by atoms with van der Waals surface area (Å²) in [6.45, 7) is 3.95. The monoisotopic (exact) mass is 281 g/mol. The van der Waals surface area contributed by atoms with Crippen molar-refractivity contribution in [1.29, 1.82) is 5.26 Å². The number of esters is 1. The van der Waals surface area contributed by atoms with Crippen molar-refractivity contribution in [2.45, 2.75) is 19.2 Å². The summed E-state index contributed by atoms with van der Waals surface area (Å²) < 4.78 is 4.90. The SMILES string of the molecule is CCOC(=O)c1cc(C)c(CBr)cc1C#N. The highest BCUT2D eigenvalue weighted by atomic mass is 79.9. The van der Waals surface area contributed by atoms with Crippen molar-refractivity contribution in [1.82, 2.24) is 0 Å². The molecule has 0 aliphatic rings. The van der Waals surface area contributed by atoms with Gasteiger partial charge in [0.2, 0.25) is 0 Å². The van der Waals surface area contributed by atoms with Gasteiger partial charge in [0.05, 0.1) is 17.7 Å². The topological polar surface area (TPSA) is 50.1 Å². The first-order valence-electron chi connectivity index (χ1n) is 4.90. The van der Waals surface area contributed by atoms with Crippen LogP contribution in [0.4, 0.5) is 0 Å². The van der Waals surface area contributed by atoms with Crippen molar-refractivity contribution in [2.24, 2.45) is 0 Å². The van der Waals surface area contributed by atoms with Gasteiger partial charge >= 0.3 is 5.97 Å². The number of nitriles is 1. The van der Waals surface area contributed by atoms with Gasteiger partial charge in [-0.1, -0.05) is 15.9 Å². The lowest BCUT2D eigenvalue weighted by atomic mass is 10.0. The molecule has 3 nitrogen and oxygen atoms in total. The smallest absolute Gasteiger partial charge is 0.339 e. The van der Waals surface area contributed by atoms with Crippen LogP contribution in [0, 0.1) is 18.3 Å². The third kappa shape index (κ3) is 2.61. The Morgan fingerprint density at radius 2 is 2.25 bits per heavy atom. The van der Waals surface area contributed by atoms with Crippen molar-refractivity contribution in [3.63, 3.8) is 0 Å². The molecule has 0 amide bonds. The average molecular weight is 282 g/mol. The van der Waals surface area contributed by atoms with Gasteiger partial charge < -0.3 is 4.74 Å². The molecule has 0 saturated heterocycles. The Labute approximate surface area is 103 Å². The molecule has 1 aromatic rings. The lowest BCUT2D eigenvalue weighted by Gasteiger charge is -2.08. The standard InChI is InChI=1S/C12H12BrNO2/c1-3-16-12(15)11-4-8(2)9(6-13)5-10(11)7-14/h4-5H,3,6H2,1-2H3. The summed E-state index contributed by atoms with van der Waals surface area (Å²) in [7, 11) is 0. The van der Waals surface area contributed by atoms with Crippen molar-refractivity contribution in [2.75, 3.05) is 6.61 Å². The van der Waals surface area contributed by atoms with Crippen LogP contribution in [0.15, 0.2) is 12.1 Å². The lowest BCUT2D eigenvalue weighted by molar-refractivity contribution is 0.0526. The molecule has 0 aliphatic heterocycles. The van der Waals surface area contributed by atoms with Crippen LogP contribution >= 0.6 is 15.9 Å². The number of carbonyl (C=O) groups is 1. The fourth-order valence-electron chi connectivity index (χ4n) is 1.37. The largest absolute Gasteiger partial charge is 0.462 e. The summed E-state index contributed by atoms with van der Waals surface area (Å²) in [4.78, 5) is 11.6. The van der Waals surface area contributed by atoms with Crippen molar-refractivity contribution in [3.8, 4) is 6.07 Å². The molecule has 4 heteroatoms. The van der Waals surface area contributed by atoms with Crippen LogP contribution < -0.4 is 0 Å². The summed E-state index contributed by atoms with van der Waals surface area (Å²) in [5.74, 6) is -0.441. The van der Waals surface area contributed by atoms with Gasteiger partial charge in [-0.2, -0.15) is 5.26 Å². The van der Waals surface area contributed by atoms with E-state index in [-0.39, 0.29) is 0 Å². The highest BCUT2D eigenvalue weighted by molar-refractivity contribution is 9.08. The Kier molecular flexibility index (Phi) is 4.51. The zero-order valence-electron chi connectivity index (χ0n) is 9.21. The molecule has 0 saturated carbocycles. The first-order valence-corrected chi connectivity index (χ1v) is 6.02. The van der Waals surface area contributed by atoms with E-state index >= 15 is 0 Å². The molecule has 0 fully saturated rings. The molecule has 1 aromatic carbocycles. The first kappa shape index (κ1) is 12.7. The summed E-state index contributed by atoms with van der Waals surface area (Å²) in [5, 5.41) is 9.64. The molecule has 16 heavy (non-hydrogen) atoms. The van der Waals surface area contributed by atoms with Gasteiger partial charge in [-0.15, -0.1) is 0 Å². The van der Waals surface area contributed by atoms with E-state index in [0.29, 0.717) is 23.1 Å². The highest BCUT2D eigenvalue weighted by Crippen LogP contribution is 2.19. The molecular weight excluding hydrogens is 270 g/mol. The van der Waals surface area contributed by atoms with Gasteiger partial charge in [0.15, 0.2) is 0 Å². The number of alkyl halides is 1. The van der Waals surface area contributed by atoms with Crippen molar-refractivity contribution < 1.29 is 9.53 Å². The minimum Gasteiger partial charge on any atom is -0.462 e. The number of halogens is 1. The third-order valence-corrected chi connectivity index (χ3v) is 2.84. The zero-order chi connectivity index (χ0) is 12.1. The molecule has 0 spiro atoms. The van der Waals surface area contributed by atoms with Gasteiger partial charge in [0, 0.05) is 5.33 Å². The maximum atomic E-state index is 11.6. The van der Waals surface area contributed by atoms with Gasteiger partial charge in [0.1, 0.15) is 6.07 Å². The molecule has 0 bridgehead atoms. The Morgan fingerprint density at radius 1 is 1.56 bits per heavy atom. The second-order valence-electron chi connectivity index (χ2n) is 3.29. The predicted octanol–water partition coefficient (Wildman–Crippen LogP) is 2.94. The molecule has 0 radical (unpaired) electrons. The molecule has 0 N–H and O–H groups in total. The third-order valence-electron chi connectivity index (χ3n) is 2.24. The van der Waals surface area contributed by atoms with Crippen molar-refractivity contribution >= 4 is 21.9 Å². The number of hydrogen-bond donors (Lipinski definition) is 0.